The first kappa shape index (κ1) is 25.9. The van der Waals surface area contributed by atoms with Gasteiger partial charge in [-0.3, -0.25) is 9.48 Å². The molecule has 204 valence electrons. The van der Waals surface area contributed by atoms with Crippen LogP contribution in [0.15, 0.2) is 55.2 Å². The van der Waals surface area contributed by atoms with Crippen molar-refractivity contribution in [1.29, 1.82) is 0 Å². The van der Waals surface area contributed by atoms with E-state index in [9.17, 15) is 13.6 Å². The van der Waals surface area contributed by atoms with E-state index in [0.717, 1.165) is 70.3 Å². The van der Waals surface area contributed by atoms with Gasteiger partial charge in [-0.1, -0.05) is 12.6 Å². The topological polar surface area (TPSA) is 68.8 Å². The van der Waals surface area contributed by atoms with Crippen LogP contribution in [0, 0.1) is 6.92 Å². The van der Waals surface area contributed by atoms with E-state index in [1.807, 2.05) is 37.7 Å². The molecule has 1 atom stereocenters. The van der Waals surface area contributed by atoms with Crippen molar-refractivity contribution in [2.24, 2.45) is 7.05 Å². The number of hydrogen-bond donors (Lipinski definition) is 0. The number of nitrogens with zero attached hydrogens (tertiary/aromatic N) is 6. The Morgan fingerprint density at radius 2 is 1.95 bits per heavy atom. The number of benzene rings is 1. The third kappa shape index (κ3) is 4.26. The minimum Gasteiger partial charge on any atom is -0.331 e. The molecule has 40 heavy (non-hydrogen) atoms. The molecule has 0 saturated heterocycles. The number of halogens is 2. The fourth-order valence-electron chi connectivity index (χ4n) is 5.99. The van der Waals surface area contributed by atoms with Crippen molar-refractivity contribution in [1.82, 2.24) is 29.2 Å². The van der Waals surface area contributed by atoms with Crippen LogP contribution >= 0.6 is 0 Å². The Labute approximate surface area is 231 Å². The molecule has 7 nitrogen and oxygen atoms in total. The zero-order valence-electron chi connectivity index (χ0n) is 22.8. The van der Waals surface area contributed by atoms with Crippen LogP contribution in [0.5, 0.6) is 0 Å². The van der Waals surface area contributed by atoms with Crippen molar-refractivity contribution < 1.29 is 13.6 Å². The Morgan fingerprint density at radius 1 is 1.15 bits per heavy atom. The quantitative estimate of drug-likeness (QED) is 0.224. The lowest BCUT2D eigenvalue weighted by molar-refractivity contribution is -0.127. The summed E-state index contributed by atoms with van der Waals surface area (Å²) >= 11 is 0. The van der Waals surface area contributed by atoms with Crippen molar-refractivity contribution in [2.45, 2.75) is 45.7 Å². The number of hydrogen-bond acceptors (Lipinski definition) is 4. The van der Waals surface area contributed by atoms with Crippen molar-refractivity contribution >= 4 is 23.0 Å². The molecule has 4 aromatic rings. The molecule has 1 aliphatic carbocycles. The molecule has 0 spiro atoms. The highest BCUT2D eigenvalue weighted by Crippen LogP contribution is 2.40. The predicted octanol–water partition coefficient (Wildman–Crippen LogP) is 6.18. The molecular weight excluding hydrogens is 510 g/mol. The van der Waals surface area contributed by atoms with Gasteiger partial charge in [0.15, 0.2) is 0 Å². The summed E-state index contributed by atoms with van der Waals surface area (Å²) in [5, 5.41) is 4.89. The van der Waals surface area contributed by atoms with E-state index in [1.165, 1.54) is 12.2 Å². The molecule has 9 heteroatoms. The number of amides is 1. The molecule has 6 rings (SSSR count). The van der Waals surface area contributed by atoms with Gasteiger partial charge in [0.25, 0.3) is 0 Å². The van der Waals surface area contributed by atoms with Crippen LogP contribution in [0.25, 0.3) is 39.8 Å². The van der Waals surface area contributed by atoms with Crippen LogP contribution < -0.4 is 0 Å². The SMILES string of the molecule is C=CC(=O)N1Cc2cc(-c3nc(-c4ccc5c(c4)nc(C)n5C)c4c(c3C=C(F)/C=C/F)CCC4)nn2C(C)C1. The molecule has 2 aliphatic rings. The van der Waals surface area contributed by atoms with Gasteiger partial charge in [-0.15, -0.1) is 0 Å². The summed E-state index contributed by atoms with van der Waals surface area (Å²) in [7, 11) is 1.99. The Bertz CT molecular complexity index is 1740. The Morgan fingerprint density at radius 3 is 2.73 bits per heavy atom. The number of carbonyl (C=O) groups is 1. The second-order valence-corrected chi connectivity index (χ2v) is 10.5. The van der Waals surface area contributed by atoms with E-state index in [2.05, 4.69) is 23.3 Å². The minimum atomic E-state index is -0.696. The second kappa shape index (κ2) is 9.97. The normalized spacial score (nSPS) is 17.1. The number of rotatable bonds is 5. The van der Waals surface area contributed by atoms with Crippen LogP contribution in [0.1, 0.15) is 47.6 Å². The van der Waals surface area contributed by atoms with E-state index < -0.39 is 5.83 Å². The summed E-state index contributed by atoms with van der Waals surface area (Å²) in [5.74, 6) is 0.0881. The Balaban J connectivity index is 1.56. The zero-order chi connectivity index (χ0) is 28.1. The molecule has 0 bridgehead atoms. The first-order valence-corrected chi connectivity index (χ1v) is 13.4. The molecule has 0 radical (unpaired) electrons. The van der Waals surface area contributed by atoms with Crippen molar-refractivity contribution in [3.8, 4) is 22.6 Å². The molecule has 0 N–H and O–H groups in total. The Hall–Kier alpha value is -4.40. The van der Waals surface area contributed by atoms with Gasteiger partial charge in [-0.05, 0) is 74.6 Å². The largest absolute Gasteiger partial charge is 0.331 e. The van der Waals surface area contributed by atoms with E-state index >= 15 is 0 Å². The maximum absolute atomic E-state index is 14.8. The fraction of sp³-hybridized carbons (Fsp3) is 0.290. The van der Waals surface area contributed by atoms with Crippen LogP contribution in [0.4, 0.5) is 8.78 Å². The molecule has 1 aromatic carbocycles. The monoisotopic (exact) mass is 540 g/mol. The lowest BCUT2D eigenvalue weighted by Gasteiger charge is -2.31. The van der Waals surface area contributed by atoms with Crippen LogP contribution in [-0.2, 0) is 31.2 Å². The van der Waals surface area contributed by atoms with E-state index in [-0.39, 0.29) is 18.3 Å². The van der Waals surface area contributed by atoms with Gasteiger partial charge >= 0.3 is 0 Å². The average Bonchev–Trinajstić information content (AvgIpc) is 3.66. The second-order valence-electron chi connectivity index (χ2n) is 10.5. The van der Waals surface area contributed by atoms with E-state index in [1.54, 1.807) is 4.90 Å². The number of allylic oxidation sites excluding steroid dienone is 2. The van der Waals surface area contributed by atoms with Gasteiger partial charge in [-0.2, -0.15) is 5.10 Å². The van der Waals surface area contributed by atoms with Gasteiger partial charge in [0.05, 0.1) is 47.0 Å². The molecular formula is C31H30F2N6O. The number of aromatic nitrogens is 5. The Kier molecular flexibility index (Phi) is 6.44. The molecule has 3 aromatic heterocycles. The summed E-state index contributed by atoms with van der Waals surface area (Å²) in [4.78, 5) is 23.9. The van der Waals surface area contributed by atoms with Gasteiger partial charge in [0.1, 0.15) is 17.3 Å². The standard InChI is InChI=1S/C31H30F2N6O/c1-5-29(40)38-16-18(2)39-22(17-38)15-27(36-39)31-25(14-21(33)11-12-32)23-7-6-8-24(23)30(35-31)20-9-10-28-26(13-20)34-19(3)37(28)4/h5,9-15,18H,1,6-8,16-17H2,2-4H3/b12-11+,21-14?. The van der Waals surface area contributed by atoms with Crippen LogP contribution in [0.2, 0.25) is 0 Å². The smallest absolute Gasteiger partial charge is 0.246 e. The first-order valence-electron chi connectivity index (χ1n) is 13.4. The molecule has 1 amide bonds. The number of aryl methyl sites for hydroxylation is 2. The third-order valence-electron chi connectivity index (χ3n) is 7.99. The lowest BCUT2D eigenvalue weighted by atomic mass is 9.95. The highest BCUT2D eigenvalue weighted by molar-refractivity contribution is 5.87. The maximum atomic E-state index is 14.8. The number of imidazole rings is 1. The summed E-state index contributed by atoms with van der Waals surface area (Å²) in [6, 6.07) is 8.01. The van der Waals surface area contributed by atoms with E-state index in [4.69, 9.17) is 15.1 Å². The van der Waals surface area contributed by atoms with Crippen LogP contribution in [-0.4, -0.2) is 41.7 Å². The van der Waals surface area contributed by atoms with Crippen molar-refractivity contribution in [3.63, 3.8) is 0 Å². The summed E-state index contributed by atoms with van der Waals surface area (Å²) in [6.07, 6.45) is 6.15. The average molecular weight is 541 g/mol. The van der Waals surface area contributed by atoms with Gasteiger partial charge in [0.2, 0.25) is 5.91 Å². The number of pyridine rings is 1. The summed E-state index contributed by atoms with van der Waals surface area (Å²) < 4.78 is 31.6. The molecule has 4 heterocycles. The number of fused-ring (bicyclic) bond motifs is 3. The van der Waals surface area contributed by atoms with Gasteiger partial charge in [-0.25, -0.2) is 18.7 Å². The third-order valence-corrected chi connectivity index (χ3v) is 7.99. The van der Waals surface area contributed by atoms with E-state index in [0.29, 0.717) is 30.0 Å². The summed E-state index contributed by atoms with van der Waals surface area (Å²) in [5.41, 5.74) is 8.34. The van der Waals surface area contributed by atoms with Crippen molar-refractivity contribution in [2.75, 3.05) is 6.54 Å². The highest BCUT2D eigenvalue weighted by Gasteiger charge is 2.29. The highest BCUT2D eigenvalue weighted by atomic mass is 19.1. The number of carbonyl (C=O) groups excluding carboxylic acids is 1. The first-order chi connectivity index (χ1) is 19.3. The predicted molar refractivity (Wildman–Crippen MR) is 152 cm³/mol. The summed E-state index contributed by atoms with van der Waals surface area (Å²) in [6.45, 7) is 8.49. The lowest BCUT2D eigenvalue weighted by Crippen LogP contribution is -2.39. The minimum absolute atomic E-state index is 0.0599. The molecule has 1 aliphatic heterocycles. The van der Waals surface area contributed by atoms with Crippen LogP contribution in [0.3, 0.4) is 0 Å². The van der Waals surface area contributed by atoms with Crippen molar-refractivity contribution in [3.05, 3.63) is 83.4 Å². The van der Waals surface area contributed by atoms with Gasteiger partial charge < -0.3 is 9.47 Å². The molecule has 0 saturated carbocycles. The molecule has 0 fully saturated rings. The van der Waals surface area contributed by atoms with Gasteiger partial charge in [0, 0.05) is 30.8 Å². The zero-order valence-corrected chi connectivity index (χ0v) is 22.8. The maximum Gasteiger partial charge on any atom is 0.246 e. The fourth-order valence-corrected chi connectivity index (χ4v) is 5.99. The molecule has 1 unspecified atom stereocenters.